The van der Waals surface area contributed by atoms with Crippen molar-refractivity contribution < 1.29 is 4.79 Å². The standard InChI is InChI=1S/C15H17ClN4O/c1-3-6-17-14-12(16)8-11(9-19-14)15(21)20-13-10(2)5-4-7-18-13/h4-5,7-9H,3,6H2,1-2H3,(H,17,19)(H,18,20,21). The molecule has 110 valence electrons. The van der Waals surface area contributed by atoms with Crippen LogP contribution in [0.25, 0.3) is 0 Å². The van der Waals surface area contributed by atoms with E-state index in [9.17, 15) is 4.79 Å². The number of hydrogen-bond donors (Lipinski definition) is 2. The fraction of sp³-hybridized carbons (Fsp3) is 0.267. The number of carbonyl (C=O) groups excluding carboxylic acids is 1. The van der Waals surface area contributed by atoms with Crippen molar-refractivity contribution in [1.82, 2.24) is 9.97 Å². The molecule has 0 unspecified atom stereocenters. The van der Waals surface area contributed by atoms with Crippen molar-refractivity contribution in [3.63, 3.8) is 0 Å². The highest BCUT2D eigenvalue weighted by molar-refractivity contribution is 6.33. The molecule has 2 heterocycles. The van der Waals surface area contributed by atoms with E-state index in [0.29, 0.717) is 22.2 Å². The van der Waals surface area contributed by atoms with Gasteiger partial charge in [0.2, 0.25) is 0 Å². The van der Waals surface area contributed by atoms with Gasteiger partial charge in [-0.2, -0.15) is 0 Å². The largest absolute Gasteiger partial charge is 0.369 e. The molecule has 2 aromatic heterocycles. The molecule has 0 saturated heterocycles. The molecule has 5 nitrogen and oxygen atoms in total. The number of carbonyl (C=O) groups is 1. The summed E-state index contributed by atoms with van der Waals surface area (Å²) in [6, 6.07) is 5.30. The van der Waals surface area contributed by atoms with E-state index in [1.807, 2.05) is 19.1 Å². The van der Waals surface area contributed by atoms with Gasteiger partial charge in [-0.1, -0.05) is 24.6 Å². The van der Waals surface area contributed by atoms with Crippen LogP contribution in [0.1, 0.15) is 29.3 Å². The second kappa shape index (κ2) is 7.04. The zero-order valence-corrected chi connectivity index (χ0v) is 12.7. The maximum absolute atomic E-state index is 12.2. The quantitative estimate of drug-likeness (QED) is 0.887. The molecule has 0 bridgehead atoms. The molecule has 0 aliphatic rings. The second-order valence-electron chi connectivity index (χ2n) is 4.60. The van der Waals surface area contributed by atoms with Crippen molar-refractivity contribution in [1.29, 1.82) is 0 Å². The predicted molar refractivity (Wildman–Crippen MR) is 85.0 cm³/mol. The highest BCUT2D eigenvalue weighted by Crippen LogP contribution is 2.21. The van der Waals surface area contributed by atoms with Gasteiger partial charge in [-0.25, -0.2) is 9.97 Å². The Bertz CT molecular complexity index is 645. The Morgan fingerprint density at radius 2 is 2.14 bits per heavy atom. The Morgan fingerprint density at radius 1 is 1.33 bits per heavy atom. The van der Waals surface area contributed by atoms with Gasteiger partial charge in [0.15, 0.2) is 0 Å². The summed E-state index contributed by atoms with van der Waals surface area (Å²) < 4.78 is 0. The van der Waals surface area contributed by atoms with Gasteiger partial charge in [0.1, 0.15) is 11.6 Å². The minimum atomic E-state index is -0.284. The summed E-state index contributed by atoms with van der Waals surface area (Å²) in [6.45, 7) is 4.72. The van der Waals surface area contributed by atoms with E-state index in [2.05, 4.69) is 27.5 Å². The Kier molecular flexibility index (Phi) is 5.11. The number of nitrogens with one attached hydrogen (secondary N) is 2. The zero-order chi connectivity index (χ0) is 15.2. The third-order valence-electron chi connectivity index (χ3n) is 2.89. The Labute approximate surface area is 128 Å². The molecule has 0 aliphatic heterocycles. The molecular weight excluding hydrogens is 288 g/mol. The molecule has 2 aromatic rings. The smallest absolute Gasteiger partial charge is 0.258 e. The topological polar surface area (TPSA) is 66.9 Å². The molecule has 1 amide bonds. The maximum Gasteiger partial charge on any atom is 0.258 e. The molecule has 0 spiro atoms. The second-order valence-corrected chi connectivity index (χ2v) is 5.01. The van der Waals surface area contributed by atoms with Crippen molar-refractivity contribution in [2.24, 2.45) is 0 Å². The molecule has 21 heavy (non-hydrogen) atoms. The number of pyridine rings is 2. The Balaban J connectivity index is 2.13. The van der Waals surface area contributed by atoms with Gasteiger partial charge in [0, 0.05) is 18.9 Å². The van der Waals surface area contributed by atoms with Crippen LogP contribution in [0.15, 0.2) is 30.6 Å². The average Bonchev–Trinajstić information content (AvgIpc) is 2.48. The number of amides is 1. The van der Waals surface area contributed by atoms with Crippen LogP contribution < -0.4 is 10.6 Å². The minimum absolute atomic E-state index is 0.284. The first-order valence-corrected chi connectivity index (χ1v) is 7.12. The van der Waals surface area contributed by atoms with Gasteiger partial charge < -0.3 is 10.6 Å². The highest BCUT2D eigenvalue weighted by atomic mass is 35.5. The van der Waals surface area contributed by atoms with Crippen molar-refractivity contribution in [2.75, 3.05) is 17.2 Å². The summed E-state index contributed by atoms with van der Waals surface area (Å²) in [5.74, 6) is 0.837. The van der Waals surface area contributed by atoms with Crippen molar-refractivity contribution in [3.8, 4) is 0 Å². The number of anilines is 2. The van der Waals surface area contributed by atoms with E-state index in [4.69, 9.17) is 11.6 Å². The number of aryl methyl sites for hydroxylation is 1. The van der Waals surface area contributed by atoms with Crippen molar-refractivity contribution in [3.05, 3.63) is 46.7 Å². The van der Waals surface area contributed by atoms with Crippen LogP contribution in [0.5, 0.6) is 0 Å². The zero-order valence-electron chi connectivity index (χ0n) is 12.0. The first kappa shape index (κ1) is 15.3. The van der Waals surface area contributed by atoms with Crippen LogP contribution in [0, 0.1) is 6.92 Å². The SMILES string of the molecule is CCCNc1ncc(C(=O)Nc2ncccc2C)cc1Cl. The summed E-state index contributed by atoms with van der Waals surface area (Å²) in [5, 5.41) is 6.27. The van der Waals surface area contributed by atoms with E-state index in [1.54, 1.807) is 12.3 Å². The molecule has 0 fully saturated rings. The van der Waals surface area contributed by atoms with Gasteiger partial charge in [0.05, 0.1) is 10.6 Å². The van der Waals surface area contributed by atoms with Gasteiger partial charge >= 0.3 is 0 Å². The molecule has 0 aliphatic carbocycles. The number of nitrogens with zero attached hydrogens (tertiary/aromatic N) is 2. The molecule has 0 radical (unpaired) electrons. The lowest BCUT2D eigenvalue weighted by Crippen LogP contribution is -2.14. The summed E-state index contributed by atoms with van der Waals surface area (Å²) in [6.07, 6.45) is 4.10. The Hall–Kier alpha value is -2.14. The monoisotopic (exact) mass is 304 g/mol. The first-order chi connectivity index (χ1) is 10.1. The number of rotatable bonds is 5. The van der Waals surface area contributed by atoms with Crippen LogP contribution in [-0.4, -0.2) is 22.4 Å². The van der Waals surface area contributed by atoms with Crippen LogP contribution >= 0.6 is 11.6 Å². The summed E-state index contributed by atoms with van der Waals surface area (Å²) in [5.41, 5.74) is 1.29. The van der Waals surface area contributed by atoms with Gasteiger partial charge in [-0.05, 0) is 31.0 Å². The van der Waals surface area contributed by atoms with Gasteiger partial charge in [-0.3, -0.25) is 4.79 Å². The Morgan fingerprint density at radius 3 is 2.81 bits per heavy atom. The van der Waals surface area contributed by atoms with Crippen LogP contribution in [-0.2, 0) is 0 Å². The number of aromatic nitrogens is 2. The fourth-order valence-electron chi connectivity index (χ4n) is 1.73. The van der Waals surface area contributed by atoms with Crippen molar-refractivity contribution in [2.45, 2.75) is 20.3 Å². The number of halogens is 1. The molecular formula is C15H17ClN4O. The predicted octanol–water partition coefficient (Wildman–Crippen LogP) is 3.51. The lowest BCUT2D eigenvalue weighted by atomic mass is 10.2. The van der Waals surface area contributed by atoms with E-state index in [1.165, 1.54) is 6.20 Å². The first-order valence-electron chi connectivity index (χ1n) is 6.74. The molecule has 2 rings (SSSR count). The maximum atomic E-state index is 12.2. The van der Waals surface area contributed by atoms with Crippen LogP contribution in [0.4, 0.5) is 11.6 Å². The normalized spacial score (nSPS) is 10.2. The van der Waals surface area contributed by atoms with Crippen molar-refractivity contribution >= 4 is 29.1 Å². The molecule has 0 atom stereocenters. The summed E-state index contributed by atoms with van der Waals surface area (Å²) >= 11 is 6.12. The third kappa shape index (κ3) is 3.92. The average molecular weight is 305 g/mol. The van der Waals surface area contributed by atoms with Gasteiger partial charge in [-0.15, -0.1) is 0 Å². The van der Waals surface area contributed by atoms with E-state index in [-0.39, 0.29) is 5.91 Å². The lowest BCUT2D eigenvalue weighted by Gasteiger charge is -2.09. The van der Waals surface area contributed by atoms with Gasteiger partial charge in [0.25, 0.3) is 5.91 Å². The third-order valence-corrected chi connectivity index (χ3v) is 3.18. The fourth-order valence-corrected chi connectivity index (χ4v) is 1.96. The molecule has 6 heteroatoms. The van der Waals surface area contributed by atoms with Crippen LogP contribution in [0.3, 0.4) is 0 Å². The van der Waals surface area contributed by atoms with E-state index < -0.39 is 0 Å². The minimum Gasteiger partial charge on any atom is -0.369 e. The molecule has 0 aromatic carbocycles. The van der Waals surface area contributed by atoms with E-state index >= 15 is 0 Å². The molecule has 0 saturated carbocycles. The number of hydrogen-bond acceptors (Lipinski definition) is 4. The lowest BCUT2D eigenvalue weighted by molar-refractivity contribution is 0.102. The molecule has 2 N–H and O–H groups in total. The highest BCUT2D eigenvalue weighted by Gasteiger charge is 2.11. The summed E-state index contributed by atoms with van der Waals surface area (Å²) in [7, 11) is 0. The van der Waals surface area contributed by atoms with E-state index in [0.717, 1.165) is 18.5 Å². The summed E-state index contributed by atoms with van der Waals surface area (Å²) in [4.78, 5) is 20.5. The van der Waals surface area contributed by atoms with Crippen LogP contribution in [0.2, 0.25) is 5.02 Å².